The van der Waals surface area contributed by atoms with Gasteiger partial charge in [0.25, 0.3) is 5.91 Å². The molecule has 0 radical (unpaired) electrons. The minimum atomic E-state index is -1.01. The van der Waals surface area contributed by atoms with Crippen molar-refractivity contribution in [3.05, 3.63) is 70.2 Å². The van der Waals surface area contributed by atoms with Gasteiger partial charge < -0.3 is 20.4 Å². The number of nitrogens with one attached hydrogen (secondary N) is 1. The molecule has 3 N–H and O–H groups in total. The van der Waals surface area contributed by atoms with Gasteiger partial charge in [0.2, 0.25) is 0 Å². The van der Waals surface area contributed by atoms with Crippen molar-refractivity contribution in [2.75, 3.05) is 13.6 Å². The number of aliphatic hydroxyl groups excluding tert-OH is 1. The van der Waals surface area contributed by atoms with Crippen LogP contribution in [0.4, 0.5) is 4.79 Å². The number of nitrogens with zero attached hydrogens (tertiary/aromatic N) is 1. The number of amides is 2. The van der Waals surface area contributed by atoms with Crippen LogP contribution in [0.15, 0.2) is 48.5 Å². The summed E-state index contributed by atoms with van der Waals surface area (Å²) in [6.45, 7) is 0.238. The van der Waals surface area contributed by atoms with Crippen LogP contribution < -0.4 is 5.32 Å². The number of aliphatic hydroxyl groups is 1. The molecule has 7 heteroatoms. The maximum Gasteiger partial charge on any atom is 0.407 e. The van der Waals surface area contributed by atoms with E-state index in [1.807, 2.05) is 0 Å². The molecule has 1 fully saturated rings. The highest BCUT2D eigenvalue weighted by molar-refractivity contribution is 6.30. The summed E-state index contributed by atoms with van der Waals surface area (Å²) in [4.78, 5) is 25.6. The molecule has 2 unspecified atom stereocenters. The maximum absolute atomic E-state index is 13.0. The molecule has 0 aromatic heterocycles. The quantitative estimate of drug-likeness (QED) is 0.513. The number of hydrogen-bond acceptors (Lipinski definition) is 3. The number of halogens is 1. The van der Waals surface area contributed by atoms with E-state index < -0.39 is 12.2 Å². The van der Waals surface area contributed by atoms with Crippen molar-refractivity contribution < 1.29 is 19.8 Å². The third kappa shape index (κ3) is 6.71. The molecule has 2 aromatic rings. The minimum absolute atomic E-state index is 0.238. The van der Waals surface area contributed by atoms with E-state index in [9.17, 15) is 19.8 Å². The molecule has 1 aliphatic carbocycles. The Morgan fingerprint density at radius 1 is 1.09 bits per heavy atom. The van der Waals surface area contributed by atoms with Crippen LogP contribution in [-0.2, 0) is 0 Å². The second-order valence-electron chi connectivity index (χ2n) is 8.66. The monoisotopic (exact) mass is 458 g/mol. The predicted octanol–water partition coefficient (Wildman–Crippen LogP) is 5.10. The van der Waals surface area contributed by atoms with Crippen LogP contribution >= 0.6 is 11.6 Å². The molecule has 2 aromatic carbocycles. The van der Waals surface area contributed by atoms with Crippen LogP contribution in [0.25, 0.3) is 0 Å². The van der Waals surface area contributed by atoms with Gasteiger partial charge in [-0.3, -0.25) is 4.79 Å². The van der Waals surface area contributed by atoms with Gasteiger partial charge in [0.05, 0.1) is 0 Å². The summed E-state index contributed by atoms with van der Waals surface area (Å²) in [6, 6.07) is 13.6. The van der Waals surface area contributed by atoms with Gasteiger partial charge >= 0.3 is 6.09 Å². The molecule has 0 spiro atoms. The van der Waals surface area contributed by atoms with Crippen molar-refractivity contribution in [1.29, 1.82) is 0 Å². The number of rotatable bonds is 8. The molecule has 0 saturated heterocycles. The summed E-state index contributed by atoms with van der Waals surface area (Å²) in [5, 5.41) is 23.6. The van der Waals surface area contributed by atoms with Crippen molar-refractivity contribution in [3.63, 3.8) is 0 Å². The predicted molar refractivity (Wildman–Crippen MR) is 125 cm³/mol. The van der Waals surface area contributed by atoms with E-state index in [0.717, 1.165) is 19.3 Å². The molecule has 32 heavy (non-hydrogen) atoms. The van der Waals surface area contributed by atoms with E-state index >= 15 is 0 Å². The lowest BCUT2D eigenvalue weighted by Gasteiger charge is -2.29. The van der Waals surface area contributed by atoms with Crippen LogP contribution in [0.3, 0.4) is 0 Å². The summed E-state index contributed by atoms with van der Waals surface area (Å²) in [6.07, 6.45) is 4.68. The normalized spacial score (nSPS) is 16.2. The fraction of sp³-hybridized carbons (Fsp3) is 0.440. The van der Waals surface area contributed by atoms with Gasteiger partial charge in [-0.25, -0.2) is 4.79 Å². The summed E-state index contributed by atoms with van der Waals surface area (Å²) in [7, 11) is 1.52. The highest BCUT2D eigenvalue weighted by Gasteiger charge is 2.24. The molecule has 2 atom stereocenters. The fourth-order valence-corrected chi connectivity index (χ4v) is 4.60. The molecular weight excluding hydrogens is 428 g/mol. The standard InChI is InChI=1S/C25H31ClN2O4/c1-28(25(31)32)16-22(13-17-7-3-2-4-8-17)27-24(30)20-11-5-9-18(14-20)23(29)19-10-6-12-21(26)15-19/h5-6,9-12,14-15,17,22-23,29H,2-4,7-8,13,16H2,1H3,(H,27,30)(H,31,32). The average Bonchev–Trinajstić information content (AvgIpc) is 2.79. The van der Waals surface area contributed by atoms with Crippen LogP contribution in [0, 0.1) is 5.92 Å². The van der Waals surface area contributed by atoms with E-state index in [0.29, 0.717) is 27.6 Å². The second-order valence-corrected chi connectivity index (χ2v) is 9.09. The molecule has 3 rings (SSSR count). The van der Waals surface area contributed by atoms with Crippen LogP contribution in [0.5, 0.6) is 0 Å². The van der Waals surface area contributed by atoms with Crippen molar-refractivity contribution in [3.8, 4) is 0 Å². The lowest BCUT2D eigenvalue weighted by Crippen LogP contribution is -2.45. The van der Waals surface area contributed by atoms with Gasteiger partial charge in [0, 0.05) is 30.2 Å². The number of carbonyl (C=O) groups is 2. The molecule has 0 bridgehead atoms. The molecule has 6 nitrogen and oxygen atoms in total. The van der Waals surface area contributed by atoms with Gasteiger partial charge in [-0.05, 0) is 47.7 Å². The van der Waals surface area contributed by atoms with E-state index in [-0.39, 0.29) is 18.5 Å². The molecule has 1 saturated carbocycles. The first-order chi connectivity index (χ1) is 15.3. The number of benzene rings is 2. The number of carbonyl (C=O) groups excluding carboxylic acids is 1. The molecular formula is C25H31ClN2O4. The van der Waals surface area contributed by atoms with E-state index in [1.54, 1.807) is 48.5 Å². The van der Waals surface area contributed by atoms with Crippen LogP contribution in [0.2, 0.25) is 5.02 Å². The van der Waals surface area contributed by atoms with E-state index in [1.165, 1.54) is 31.2 Å². The summed E-state index contributed by atoms with van der Waals surface area (Å²) >= 11 is 6.04. The first-order valence-corrected chi connectivity index (χ1v) is 11.5. The van der Waals surface area contributed by atoms with Crippen molar-refractivity contribution in [2.45, 2.75) is 50.7 Å². The summed E-state index contributed by atoms with van der Waals surface area (Å²) in [5.74, 6) is 0.219. The first kappa shape index (κ1) is 24.1. The number of likely N-dealkylation sites (N-methyl/N-ethyl adjacent to an activating group) is 1. The Morgan fingerprint density at radius 2 is 1.75 bits per heavy atom. The Labute approximate surface area is 194 Å². The van der Waals surface area contributed by atoms with E-state index in [2.05, 4.69) is 5.32 Å². The van der Waals surface area contributed by atoms with Crippen molar-refractivity contribution in [1.82, 2.24) is 10.2 Å². The highest BCUT2D eigenvalue weighted by Crippen LogP contribution is 2.28. The SMILES string of the molecule is CN(CC(CC1CCCCC1)NC(=O)c1cccc(C(O)c2cccc(Cl)c2)c1)C(=O)O. The largest absolute Gasteiger partial charge is 0.465 e. The number of carboxylic acid groups (broad SMARTS) is 1. The third-order valence-corrected chi connectivity index (χ3v) is 6.36. The zero-order valence-corrected chi connectivity index (χ0v) is 19.1. The lowest BCUT2D eigenvalue weighted by atomic mass is 9.84. The van der Waals surface area contributed by atoms with Gasteiger partial charge in [-0.1, -0.05) is 68.0 Å². The Balaban J connectivity index is 1.73. The first-order valence-electron chi connectivity index (χ1n) is 11.1. The summed E-state index contributed by atoms with van der Waals surface area (Å²) in [5.41, 5.74) is 1.66. The van der Waals surface area contributed by atoms with Crippen molar-refractivity contribution in [2.24, 2.45) is 5.92 Å². The number of hydrogen-bond donors (Lipinski definition) is 3. The summed E-state index contributed by atoms with van der Waals surface area (Å²) < 4.78 is 0. The maximum atomic E-state index is 13.0. The Bertz CT molecular complexity index is 930. The molecule has 0 heterocycles. The Morgan fingerprint density at radius 3 is 2.41 bits per heavy atom. The average molecular weight is 459 g/mol. The topological polar surface area (TPSA) is 89.9 Å². The van der Waals surface area contributed by atoms with Gasteiger partial charge in [-0.15, -0.1) is 0 Å². The van der Waals surface area contributed by atoms with Crippen molar-refractivity contribution >= 4 is 23.6 Å². The van der Waals surface area contributed by atoms with Gasteiger partial charge in [0.1, 0.15) is 6.10 Å². The molecule has 2 amide bonds. The van der Waals surface area contributed by atoms with Gasteiger partial charge in [-0.2, -0.15) is 0 Å². The molecule has 1 aliphatic rings. The zero-order valence-electron chi connectivity index (χ0n) is 18.3. The highest BCUT2D eigenvalue weighted by atomic mass is 35.5. The Hall–Kier alpha value is -2.57. The second kappa shape index (κ2) is 11.3. The lowest BCUT2D eigenvalue weighted by molar-refractivity contribution is 0.0910. The molecule has 172 valence electrons. The van der Waals surface area contributed by atoms with Crippen LogP contribution in [-0.4, -0.2) is 46.7 Å². The zero-order chi connectivity index (χ0) is 23.1. The smallest absolute Gasteiger partial charge is 0.407 e. The Kier molecular flexibility index (Phi) is 8.53. The van der Waals surface area contributed by atoms with Crippen LogP contribution in [0.1, 0.15) is 66.1 Å². The van der Waals surface area contributed by atoms with Gasteiger partial charge in [0.15, 0.2) is 0 Å². The fourth-order valence-electron chi connectivity index (χ4n) is 4.40. The molecule has 0 aliphatic heterocycles. The van der Waals surface area contributed by atoms with E-state index in [4.69, 9.17) is 11.6 Å². The minimum Gasteiger partial charge on any atom is -0.465 e. The third-order valence-electron chi connectivity index (χ3n) is 6.13.